The van der Waals surface area contributed by atoms with Crippen LogP contribution in [0.1, 0.15) is 5.56 Å². The van der Waals surface area contributed by atoms with Crippen molar-refractivity contribution < 1.29 is 4.92 Å². The van der Waals surface area contributed by atoms with Crippen LogP contribution in [0.5, 0.6) is 0 Å². The minimum atomic E-state index is -0.384. The SMILES string of the molecule is O=[N+]([O-])c1ccc(CSc2cc(N3CCN(c4ccccc4)CC3)ncn2)cc1. The average molecular weight is 407 g/mol. The lowest BCUT2D eigenvalue weighted by atomic mass is 10.2. The van der Waals surface area contributed by atoms with Crippen molar-refractivity contribution in [1.82, 2.24) is 9.97 Å². The fraction of sp³-hybridized carbons (Fsp3) is 0.238. The molecule has 1 aliphatic rings. The van der Waals surface area contributed by atoms with Gasteiger partial charge in [-0.05, 0) is 17.7 Å². The van der Waals surface area contributed by atoms with Crippen molar-refractivity contribution in [1.29, 1.82) is 0 Å². The predicted octanol–water partition coefficient (Wildman–Crippen LogP) is 4.00. The van der Waals surface area contributed by atoms with Gasteiger partial charge < -0.3 is 9.80 Å². The van der Waals surface area contributed by atoms with Gasteiger partial charge in [-0.15, -0.1) is 11.8 Å². The maximum atomic E-state index is 10.8. The van der Waals surface area contributed by atoms with Crippen LogP contribution in [-0.2, 0) is 5.75 Å². The number of rotatable bonds is 6. The number of hydrogen-bond acceptors (Lipinski definition) is 7. The first-order valence-electron chi connectivity index (χ1n) is 9.42. The molecule has 4 rings (SSSR count). The molecule has 2 heterocycles. The number of nitro groups is 1. The third kappa shape index (κ3) is 4.83. The van der Waals surface area contributed by atoms with E-state index in [-0.39, 0.29) is 10.6 Å². The van der Waals surface area contributed by atoms with Crippen molar-refractivity contribution >= 4 is 29.0 Å². The van der Waals surface area contributed by atoms with Crippen molar-refractivity contribution in [2.45, 2.75) is 10.8 Å². The van der Waals surface area contributed by atoms with Crippen molar-refractivity contribution in [3.63, 3.8) is 0 Å². The van der Waals surface area contributed by atoms with Gasteiger partial charge in [-0.25, -0.2) is 9.97 Å². The molecule has 0 amide bonds. The zero-order valence-corrected chi connectivity index (χ0v) is 16.7. The first-order valence-corrected chi connectivity index (χ1v) is 10.4. The monoisotopic (exact) mass is 407 g/mol. The van der Waals surface area contributed by atoms with E-state index in [0.717, 1.165) is 42.6 Å². The molecular formula is C21H21N5O2S. The van der Waals surface area contributed by atoms with Gasteiger partial charge in [0.1, 0.15) is 17.2 Å². The maximum absolute atomic E-state index is 10.8. The van der Waals surface area contributed by atoms with Crippen LogP contribution in [0.25, 0.3) is 0 Å². The normalized spacial score (nSPS) is 14.1. The Morgan fingerprint density at radius 3 is 2.31 bits per heavy atom. The highest BCUT2D eigenvalue weighted by Crippen LogP contribution is 2.25. The first kappa shape index (κ1) is 19.2. The van der Waals surface area contributed by atoms with Crippen molar-refractivity contribution in [2.24, 2.45) is 0 Å². The van der Waals surface area contributed by atoms with Gasteiger partial charge in [0.05, 0.1) is 4.92 Å². The Morgan fingerprint density at radius 1 is 0.931 bits per heavy atom. The van der Waals surface area contributed by atoms with Gasteiger partial charge >= 0.3 is 0 Å². The summed E-state index contributed by atoms with van der Waals surface area (Å²) in [5.41, 5.74) is 2.39. The van der Waals surface area contributed by atoms with Gasteiger partial charge in [-0.1, -0.05) is 30.3 Å². The summed E-state index contributed by atoms with van der Waals surface area (Å²) in [5, 5.41) is 11.7. The summed E-state index contributed by atoms with van der Waals surface area (Å²) in [5.74, 6) is 1.65. The highest BCUT2D eigenvalue weighted by molar-refractivity contribution is 7.98. The molecule has 2 aromatic carbocycles. The van der Waals surface area contributed by atoms with Gasteiger partial charge in [-0.2, -0.15) is 0 Å². The molecule has 7 nitrogen and oxygen atoms in total. The number of thioether (sulfide) groups is 1. The number of benzene rings is 2. The quantitative estimate of drug-likeness (QED) is 0.264. The number of hydrogen-bond donors (Lipinski definition) is 0. The molecule has 0 unspecified atom stereocenters. The molecule has 0 atom stereocenters. The summed E-state index contributed by atoms with van der Waals surface area (Å²) in [6.07, 6.45) is 1.61. The largest absolute Gasteiger partial charge is 0.368 e. The highest BCUT2D eigenvalue weighted by atomic mass is 32.2. The van der Waals surface area contributed by atoms with Crippen LogP contribution in [-0.4, -0.2) is 41.1 Å². The van der Waals surface area contributed by atoms with Gasteiger partial charge in [0.2, 0.25) is 0 Å². The van der Waals surface area contributed by atoms with E-state index in [0.29, 0.717) is 5.75 Å². The summed E-state index contributed by atoms with van der Waals surface area (Å²) in [4.78, 5) is 23.9. The highest BCUT2D eigenvalue weighted by Gasteiger charge is 2.18. The lowest BCUT2D eigenvalue weighted by molar-refractivity contribution is -0.384. The summed E-state index contributed by atoms with van der Waals surface area (Å²) in [6, 6.07) is 19.1. The van der Waals surface area contributed by atoms with Gasteiger partial charge in [0.15, 0.2) is 0 Å². The van der Waals surface area contributed by atoms with E-state index in [1.54, 1.807) is 30.2 Å². The zero-order chi connectivity index (χ0) is 20.1. The number of nitro benzene ring substituents is 1. The fourth-order valence-electron chi connectivity index (χ4n) is 3.29. The van der Waals surface area contributed by atoms with Crippen molar-refractivity contribution in [3.8, 4) is 0 Å². The molecule has 0 saturated carbocycles. The summed E-state index contributed by atoms with van der Waals surface area (Å²) < 4.78 is 0. The molecule has 8 heteroatoms. The lowest BCUT2D eigenvalue weighted by Crippen LogP contribution is -2.46. The van der Waals surface area contributed by atoms with Gasteiger partial charge in [-0.3, -0.25) is 10.1 Å². The third-order valence-electron chi connectivity index (χ3n) is 4.89. The van der Waals surface area contributed by atoms with Gasteiger partial charge in [0.25, 0.3) is 5.69 Å². The Hall–Kier alpha value is -3.13. The summed E-state index contributed by atoms with van der Waals surface area (Å²) >= 11 is 1.61. The van der Waals surface area contributed by atoms with Crippen LogP contribution < -0.4 is 9.80 Å². The van der Waals surface area contributed by atoms with Crippen LogP contribution in [0.4, 0.5) is 17.2 Å². The Labute approximate surface area is 173 Å². The maximum Gasteiger partial charge on any atom is 0.269 e. The minimum Gasteiger partial charge on any atom is -0.368 e. The smallest absolute Gasteiger partial charge is 0.269 e. The Bertz CT molecular complexity index is 960. The number of nitrogens with zero attached hydrogens (tertiary/aromatic N) is 5. The Morgan fingerprint density at radius 2 is 1.62 bits per heavy atom. The number of para-hydroxylation sites is 1. The van der Waals surface area contributed by atoms with E-state index < -0.39 is 0 Å². The number of aromatic nitrogens is 2. The van der Waals surface area contributed by atoms with E-state index in [2.05, 4.69) is 44.0 Å². The topological polar surface area (TPSA) is 75.4 Å². The van der Waals surface area contributed by atoms with E-state index in [1.165, 1.54) is 17.8 Å². The van der Waals surface area contributed by atoms with E-state index in [9.17, 15) is 10.1 Å². The molecule has 148 valence electrons. The molecule has 0 bridgehead atoms. The minimum absolute atomic E-state index is 0.109. The van der Waals surface area contributed by atoms with E-state index in [4.69, 9.17) is 0 Å². The molecule has 29 heavy (non-hydrogen) atoms. The number of non-ortho nitro benzene ring substituents is 1. The molecule has 0 radical (unpaired) electrons. The molecule has 0 N–H and O–H groups in total. The molecule has 1 saturated heterocycles. The molecule has 0 spiro atoms. The zero-order valence-electron chi connectivity index (χ0n) is 15.8. The second-order valence-corrected chi connectivity index (χ2v) is 7.73. The first-order chi connectivity index (χ1) is 14.2. The predicted molar refractivity (Wildman–Crippen MR) is 116 cm³/mol. The lowest BCUT2D eigenvalue weighted by Gasteiger charge is -2.36. The van der Waals surface area contributed by atoms with Crippen LogP contribution in [0.3, 0.4) is 0 Å². The molecule has 1 aliphatic heterocycles. The van der Waals surface area contributed by atoms with Crippen molar-refractivity contribution in [3.05, 3.63) is 82.7 Å². The third-order valence-corrected chi connectivity index (χ3v) is 5.88. The van der Waals surface area contributed by atoms with E-state index >= 15 is 0 Å². The molecule has 1 fully saturated rings. The molecule has 1 aromatic heterocycles. The second-order valence-electron chi connectivity index (χ2n) is 6.74. The molecule has 3 aromatic rings. The fourth-order valence-corrected chi connectivity index (χ4v) is 4.10. The average Bonchev–Trinajstić information content (AvgIpc) is 2.79. The Kier molecular flexibility index (Phi) is 5.90. The second kappa shape index (κ2) is 8.91. The summed E-state index contributed by atoms with van der Waals surface area (Å²) in [7, 11) is 0. The van der Waals surface area contributed by atoms with Crippen LogP contribution in [0.15, 0.2) is 72.0 Å². The van der Waals surface area contributed by atoms with Gasteiger partial charge in [0, 0.05) is 55.8 Å². The van der Waals surface area contributed by atoms with Crippen LogP contribution >= 0.6 is 11.8 Å². The van der Waals surface area contributed by atoms with Crippen LogP contribution in [0, 0.1) is 10.1 Å². The number of anilines is 2. The number of piperazine rings is 1. The van der Waals surface area contributed by atoms with Crippen molar-refractivity contribution in [2.75, 3.05) is 36.0 Å². The van der Waals surface area contributed by atoms with Crippen LogP contribution in [0.2, 0.25) is 0 Å². The molecule has 0 aliphatic carbocycles. The Balaban J connectivity index is 1.34. The standard InChI is InChI=1S/C21H21N5O2S/c27-26(28)19-8-6-17(7-9-19)15-29-21-14-20(22-16-23-21)25-12-10-24(11-13-25)18-4-2-1-3-5-18/h1-9,14,16H,10-13,15H2. The summed E-state index contributed by atoms with van der Waals surface area (Å²) in [6.45, 7) is 3.75. The molecular weight excluding hydrogens is 386 g/mol. The van der Waals surface area contributed by atoms with E-state index in [1.807, 2.05) is 12.1 Å².